The highest BCUT2D eigenvalue weighted by molar-refractivity contribution is 6.34. The van der Waals surface area contributed by atoms with Crippen LogP contribution in [0.2, 0.25) is 10.0 Å². The number of amides is 1. The molecule has 1 heterocycles. The fraction of sp³-hybridized carbons (Fsp3) is 0.500. The molecule has 2 fully saturated rings. The summed E-state index contributed by atoms with van der Waals surface area (Å²) in [7, 11) is 0. The van der Waals surface area contributed by atoms with Gasteiger partial charge in [0.25, 0.3) is 0 Å². The first-order valence-corrected chi connectivity index (χ1v) is 7.34. The van der Waals surface area contributed by atoms with Crippen LogP contribution in [0.3, 0.4) is 0 Å². The van der Waals surface area contributed by atoms with E-state index in [9.17, 15) is 4.79 Å². The van der Waals surface area contributed by atoms with E-state index in [0.717, 1.165) is 24.8 Å². The molecular weight excluding hydrogens is 283 g/mol. The van der Waals surface area contributed by atoms with Crippen LogP contribution in [-0.2, 0) is 4.79 Å². The van der Waals surface area contributed by atoms with Crippen LogP contribution in [0, 0.1) is 0 Å². The second kappa shape index (κ2) is 4.97. The molecule has 19 heavy (non-hydrogen) atoms. The molecule has 1 aromatic rings. The fourth-order valence-corrected chi connectivity index (χ4v) is 3.42. The number of hydrogen-bond donors (Lipinski definition) is 1. The van der Waals surface area contributed by atoms with Crippen LogP contribution in [0.25, 0.3) is 0 Å². The number of carbonyl (C=O) groups is 1. The van der Waals surface area contributed by atoms with E-state index in [1.54, 1.807) is 6.07 Å². The number of carbonyl (C=O) groups excluding carboxylic acids is 1. The highest BCUT2D eigenvalue weighted by Gasteiger charge is 2.43. The smallest absolute Gasteiger partial charge is 0.223 e. The van der Waals surface area contributed by atoms with Crippen LogP contribution in [0.4, 0.5) is 0 Å². The largest absolute Gasteiger partial charge is 0.331 e. The standard InChI is InChI=1S/C14H16Cl2N2O/c15-9-5-8(6-10(16)7-9)14-12(17)3-4-13(19)18(14)11-1-2-11/h5-7,11-12,14H,1-4,17H2. The summed E-state index contributed by atoms with van der Waals surface area (Å²) >= 11 is 12.1. The summed E-state index contributed by atoms with van der Waals surface area (Å²) in [6, 6.07) is 5.64. The molecule has 1 amide bonds. The Bertz CT molecular complexity index is 496. The van der Waals surface area contributed by atoms with E-state index >= 15 is 0 Å². The third-order valence-corrected chi connectivity index (χ3v) is 4.29. The van der Waals surface area contributed by atoms with Crippen LogP contribution >= 0.6 is 23.2 Å². The zero-order valence-corrected chi connectivity index (χ0v) is 12.0. The summed E-state index contributed by atoms with van der Waals surface area (Å²) in [5.41, 5.74) is 7.20. The molecule has 102 valence electrons. The molecule has 0 bridgehead atoms. The Balaban J connectivity index is 2.00. The van der Waals surface area contributed by atoms with Crippen molar-refractivity contribution in [2.24, 2.45) is 5.73 Å². The summed E-state index contributed by atoms with van der Waals surface area (Å²) in [4.78, 5) is 14.1. The second-order valence-electron chi connectivity index (χ2n) is 5.38. The molecule has 1 aliphatic heterocycles. The maximum absolute atomic E-state index is 12.2. The molecule has 3 nitrogen and oxygen atoms in total. The lowest BCUT2D eigenvalue weighted by atomic mass is 9.90. The van der Waals surface area contributed by atoms with E-state index in [1.165, 1.54) is 0 Å². The maximum Gasteiger partial charge on any atom is 0.223 e. The van der Waals surface area contributed by atoms with Gasteiger partial charge in [-0.25, -0.2) is 0 Å². The molecular formula is C14H16Cl2N2O. The monoisotopic (exact) mass is 298 g/mol. The van der Waals surface area contributed by atoms with Crippen molar-refractivity contribution < 1.29 is 4.79 Å². The summed E-state index contributed by atoms with van der Waals surface area (Å²) in [5, 5.41) is 1.17. The zero-order chi connectivity index (χ0) is 13.6. The van der Waals surface area contributed by atoms with Gasteiger partial charge in [0, 0.05) is 28.5 Å². The summed E-state index contributed by atoms with van der Waals surface area (Å²) in [6.07, 6.45) is 3.41. The Labute approximate surface area is 122 Å². The van der Waals surface area contributed by atoms with Crippen molar-refractivity contribution in [1.29, 1.82) is 0 Å². The lowest BCUT2D eigenvalue weighted by Crippen LogP contribution is -2.49. The molecule has 1 saturated heterocycles. The molecule has 0 spiro atoms. The van der Waals surface area contributed by atoms with Gasteiger partial charge in [0.05, 0.1) is 6.04 Å². The van der Waals surface area contributed by atoms with E-state index in [1.807, 2.05) is 17.0 Å². The molecule has 2 N–H and O–H groups in total. The minimum atomic E-state index is -0.0926. The Morgan fingerprint density at radius 1 is 1.11 bits per heavy atom. The summed E-state index contributed by atoms with van der Waals surface area (Å²) in [5.74, 6) is 0.199. The quantitative estimate of drug-likeness (QED) is 0.912. The molecule has 1 saturated carbocycles. The highest BCUT2D eigenvalue weighted by Crippen LogP contribution is 2.41. The average molecular weight is 299 g/mol. The third kappa shape index (κ3) is 2.60. The second-order valence-corrected chi connectivity index (χ2v) is 6.26. The van der Waals surface area contributed by atoms with Crippen molar-refractivity contribution in [2.45, 2.75) is 43.8 Å². The number of rotatable bonds is 2. The minimum absolute atomic E-state index is 0.0483. The number of piperidine rings is 1. The molecule has 0 radical (unpaired) electrons. The molecule has 1 aliphatic carbocycles. The van der Waals surface area contributed by atoms with Crippen molar-refractivity contribution in [3.05, 3.63) is 33.8 Å². The van der Waals surface area contributed by atoms with Crippen LogP contribution in [0.1, 0.15) is 37.3 Å². The lowest BCUT2D eigenvalue weighted by Gasteiger charge is -2.40. The van der Waals surface area contributed by atoms with Crippen molar-refractivity contribution in [3.8, 4) is 0 Å². The molecule has 0 aromatic heterocycles. The first-order chi connectivity index (χ1) is 9.06. The molecule has 2 unspecified atom stereocenters. The van der Waals surface area contributed by atoms with Crippen molar-refractivity contribution in [3.63, 3.8) is 0 Å². The average Bonchev–Trinajstić information content (AvgIpc) is 3.14. The Morgan fingerprint density at radius 2 is 1.74 bits per heavy atom. The van der Waals surface area contributed by atoms with Gasteiger partial charge in [0.1, 0.15) is 0 Å². The van der Waals surface area contributed by atoms with Crippen LogP contribution in [0.15, 0.2) is 18.2 Å². The predicted molar refractivity (Wildman–Crippen MR) is 76.3 cm³/mol. The van der Waals surface area contributed by atoms with Gasteiger partial charge in [-0.15, -0.1) is 0 Å². The van der Waals surface area contributed by atoms with E-state index in [4.69, 9.17) is 28.9 Å². The van der Waals surface area contributed by atoms with E-state index in [0.29, 0.717) is 22.5 Å². The van der Waals surface area contributed by atoms with Gasteiger partial charge in [0.2, 0.25) is 5.91 Å². The normalized spacial score (nSPS) is 27.7. The van der Waals surface area contributed by atoms with Crippen LogP contribution in [-0.4, -0.2) is 22.9 Å². The van der Waals surface area contributed by atoms with Gasteiger partial charge in [-0.2, -0.15) is 0 Å². The number of nitrogens with two attached hydrogens (primary N) is 1. The fourth-order valence-electron chi connectivity index (χ4n) is 2.88. The third-order valence-electron chi connectivity index (χ3n) is 3.85. The first-order valence-electron chi connectivity index (χ1n) is 6.59. The number of benzene rings is 1. The molecule has 5 heteroatoms. The van der Waals surface area contributed by atoms with Gasteiger partial charge < -0.3 is 10.6 Å². The van der Waals surface area contributed by atoms with Gasteiger partial charge in [-0.05, 0) is 43.0 Å². The number of nitrogens with zero attached hydrogens (tertiary/aromatic N) is 1. The molecule has 1 aromatic carbocycles. The lowest BCUT2D eigenvalue weighted by molar-refractivity contribution is -0.138. The van der Waals surface area contributed by atoms with Crippen LogP contribution in [0.5, 0.6) is 0 Å². The van der Waals surface area contributed by atoms with Gasteiger partial charge in [0.15, 0.2) is 0 Å². The Kier molecular flexibility index (Phi) is 3.46. The SMILES string of the molecule is NC1CCC(=O)N(C2CC2)C1c1cc(Cl)cc(Cl)c1. The molecule has 2 atom stereocenters. The molecule has 2 aliphatic rings. The predicted octanol–water partition coefficient (Wildman–Crippen LogP) is 3.15. The number of hydrogen-bond acceptors (Lipinski definition) is 2. The van der Waals surface area contributed by atoms with Crippen molar-refractivity contribution in [1.82, 2.24) is 4.90 Å². The van der Waals surface area contributed by atoms with Crippen LogP contribution < -0.4 is 5.73 Å². The topological polar surface area (TPSA) is 46.3 Å². The van der Waals surface area contributed by atoms with Gasteiger partial charge in [-0.1, -0.05) is 23.2 Å². The minimum Gasteiger partial charge on any atom is -0.331 e. The number of halogens is 2. The zero-order valence-electron chi connectivity index (χ0n) is 10.5. The van der Waals surface area contributed by atoms with Gasteiger partial charge >= 0.3 is 0 Å². The van der Waals surface area contributed by atoms with E-state index in [-0.39, 0.29) is 18.0 Å². The first kappa shape index (κ1) is 13.2. The van der Waals surface area contributed by atoms with Gasteiger partial charge in [-0.3, -0.25) is 4.79 Å². The molecule has 3 rings (SSSR count). The maximum atomic E-state index is 12.2. The highest BCUT2D eigenvalue weighted by atomic mass is 35.5. The number of likely N-dealkylation sites (tertiary alicyclic amines) is 1. The van der Waals surface area contributed by atoms with Crippen molar-refractivity contribution in [2.75, 3.05) is 0 Å². The van der Waals surface area contributed by atoms with E-state index < -0.39 is 0 Å². The summed E-state index contributed by atoms with van der Waals surface area (Å²) < 4.78 is 0. The van der Waals surface area contributed by atoms with Crippen molar-refractivity contribution >= 4 is 29.1 Å². The Morgan fingerprint density at radius 3 is 2.32 bits per heavy atom. The Hall–Kier alpha value is -0.770. The van der Waals surface area contributed by atoms with E-state index in [2.05, 4.69) is 0 Å². The summed E-state index contributed by atoms with van der Waals surface area (Å²) in [6.45, 7) is 0.